The fourth-order valence-corrected chi connectivity index (χ4v) is 1.13. The van der Waals surface area contributed by atoms with Crippen molar-refractivity contribution < 1.29 is 19.4 Å². The highest BCUT2D eigenvalue weighted by Crippen LogP contribution is 2.14. The largest absolute Gasteiger partial charge is 0.497 e. The molecule has 1 aromatic rings. The maximum Gasteiger partial charge on any atom is 0.319 e. The van der Waals surface area contributed by atoms with E-state index in [4.69, 9.17) is 9.84 Å². The lowest BCUT2D eigenvalue weighted by Gasteiger charge is -2.07. The number of hydrogen-bond donors (Lipinski definition) is 3. The van der Waals surface area contributed by atoms with E-state index in [1.807, 2.05) is 0 Å². The number of rotatable bonds is 5. The summed E-state index contributed by atoms with van der Waals surface area (Å²) in [6, 6.07) is 6.38. The molecule has 1 aromatic carbocycles. The quantitative estimate of drug-likeness (QED) is 0.721. The number of benzene rings is 1. The van der Waals surface area contributed by atoms with Crippen LogP contribution in [0.2, 0.25) is 0 Å². The lowest BCUT2D eigenvalue weighted by atomic mass is 10.3. The van der Waals surface area contributed by atoms with Crippen LogP contribution in [0.1, 0.15) is 6.42 Å². The number of carbonyl (C=O) groups is 2. The fraction of sp³-hybridized carbons (Fsp3) is 0.273. The average Bonchev–Trinajstić information content (AvgIpc) is 2.29. The van der Waals surface area contributed by atoms with Gasteiger partial charge in [0.2, 0.25) is 0 Å². The van der Waals surface area contributed by atoms with E-state index < -0.39 is 12.0 Å². The number of urea groups is 1. The maximum absolute atomic E-state index is 11.3. The molecule has 0 bridgehead atoms. The smallest absolute Gasteiger partial charge is 0.319 e. The standard InChI is InChI=1S/C11H14N2O4/c1-17-9-4-2-8(3-5-9)13-11(16)12-7-6-10(14)15/h2-5H,6-7H2,1H3,(H,14,15)(H2,12,13,16). The average molecular weight is 238 g/mol. The van der Waals surface area contributed by atoms with Gasteiger partial charge in [0.15, 0.2) is 0 Å². The van der Waals surface area contributed by atoms with Crippen molar-refractivity contribution >= 4 is 17.7 Å². The summed E-state index contributed by atoms with van der Waals surface area (Å²) in [4.78, 5) is 21.5. The van der Waals surface area contributed by atoms with Gasteiger partial charge in [-0.1, -0.05) is 0 Å². The van der Waals surface area contributed by atoms with E-state index in [1.165, 1.54) is 0 Å². The molecule has 0 saturated carbocycles. The highest BCUT2D eigenvalue weighted by Gasteiger charge is 2.02. The van der Waals surface area contributed by atoms with Crippen molar-refractivity contribution in [2.24, 2.45) is 0 Å². The number of amides is 2. The number of hydrogen-bond acceptors (Lipinski definition) is 3. The molecule has 0 saturated heterocycles. The SMILES string of the molecule is COc1ccc(NC(=O)NCCC(=O)O)cc1. The van der Waals surface area contributed by atoms with Crippen molar-refractivity contribution in [1.29, 1.82) is 0 Å². The number of ether oxygens (including phenoxy) is 1. The molecule has 17 heavy (non-hydrogen) atoms. The maximum atomic E-state index is 11.3. The van der Waals surface area contributed by atoms with E-state index in [2.05, 4.69) is 10.6 Å². The summed E-state index contributed by atoms with van der Waals surface area (Å²) in [6.45, 7) is 0.0946. The molecule has 2 amide bonds. The van der Waals surface area contributed by atoms with Crippen molar-refractivity contribution in [2.75, 3.05) is 19.0 Å². The third-order valence-corrected chi connectivity index (χ3v) is 1.97. The Morgan fingerprint density at radius 1 is 1.29 bits per heavy atom. The Balaban J connectivity index is 2.37. The van der Waals surface area contributed by atoms with Gasteiger partial charge in [0.05, 0.1) is 13.5 Å². The van der Waals surface area contributed by atoms with Crippen LogP contribution in [0.3, 0.4) is 0 Å². The number of carboxylic acids is 1. The minimum Gasteiger partial charge on any atom is -0.497 e. The zero-order valence-electron chi connectivity index (χ0n) is 9.40. The molecule has 6 nitrogen and oxygen atoms in total. The number of aliphatic carboxylic acids is 1. The predicted octanol–water partition coefficient (Wildman–Crippen LogP) is 1.29. The zero-order chi connectivity index (χ0) is 12.7. The van der Waals surface area contributed by atoms with E-state index in [0.717, 1.165) is 0 Å². The summed E-state index contributed by atoms with van der Waals surface area (Å²) in [5.74, 6) is -0.253. The van der Waals surface area contributed by atoms with Gasteiger partial charge in [-0.05, 0) is 24.3 Å². The van der Waals surface area contributed by atoms with Crippen LogP contribution in [-0.4, -0.2) is 30.8 Å². The highest BCUT2D eigenvalue weighted by molar-refractivity contribution is 5.89. The molecule has 0 radical (unpaired) electrons. The van der Waals surface area contributed by atoms with Gasteiger partial charge >= 0.3 is 12.0 Å². The van der Waals surface area contributed by atoms with Crippen LogP contribution >= 0.6 is 0 Å². The van der Waals surface area contributed by atoms with Crippen LogP contribution in [0, 0.1) is 0 Å². The van der Waals surface area contributed by atoms with Gasteiger partial charge in [-0.15, -0.1) is 0 Å². The Kier molecular flexibility index (Phi) is 4.80. The van der Waals surface area contributed by atoms with E-state index in [9.17, 15) is 9.59 Å². The Labute approximate surface area is 98.6 Å². The van der Waals surface area contributed by atoms with E-state index in [0.29, 0.717) is 11.4 Å². The highest BCUT2D eigenvalue weighted by atomic mass is 16.5. The minimum atomic E-state index is -0.949. The van der Waals surface area contributed by atoms with Crippen LogP contribution in [0.5, 0.6) is 5.75 Å². The molecule has 0 aliphatic rings. The molecule has 92 valence electrons. The lowest BCUT2D eigenvalue weighted by molar-refractivity contribution is -0.136. The Bertz CT molecular complexity index is 389. The van der Waals surface area contributed by atoms with E-state index in [1.54, 1.807) is 31.4 Å². The second kappa shape index (κ2) is 6.37. The molecule has 3 N–H and O–H groups in total. The third-order valence-electron chi connectivity index (χ3n) is 1.97. The van der Waals surface area contributed by atoms with Crippen molar-refractivity contribution in [2.45, 2.75) is 6.42 Å². The molecule has 0 aromatic heterocycles. The first-order chi connectivity index (χ1) is 8.11. The summed E-state index contributed by atoms with van der Waals surface area (Å²) in [6.07, 6.45) is -0.101. The monoisotopic (exact) mass is 238 g/mol. The normalized spacial score (nSPS) is 9.47. The molecule has 0 atom stereocenters. The van der Waals surface area contributed by atoms with Gasteiger partial charge in [0.25, 0.3) is 0 Å². The van der Waals surface area contributed by atoms with Gasteiger partial charge in [-0.25, -0.2) is 4.79 Å². The molecule has 0 heterocycles. The van der Waals surface area contributed by atoms with Crippen LogP contribution in [-0.2, 0) is 4.79 Å². The first kappa shape index (κ1) is 12.8. The number of carboxylic acid groups (broad SMARTS) is 1. The molecular formula is C11H14N2O4. The van der Waals surface area contributed by atoms with Gasteiger partial charge in [-0.2, -0.15) is 0 Å². The van der Waals surface area contributed by atoms with Crippen molar-refractivity contribution in [3.63, 3.8) is 0 Å². The topological polar surface area (TPSA) is 87.7 Å². The minimum absolute atomic E-state index is 0.0946. The Morgan fingerprint density at radius 3 is 2.47 bits per heavy atom. The van der Waals surface area contributed by atoms with E-state index >= 15 is 0 Å². The predicted molar refractivity (Wildman–Crippen MR) is 62.3 cm³/mol. The summed E-state index contributed by atoms with van der Waals surface area (Å²) in [5, 5.41) is 13.4. The van der Waals surface area contributed by atoms with Crippen molar-refractivity contribution in [3.8, 4) is 5.75 Å². The molecule has 1 rings (SSSR count). The summed E-state index contributed by atoms with van der Waals surface area (Å²) in [5.41, 5.74) is 0.610. The van der Waals surface area contributed by atoms with Crippen LogP contribution in [0.25, 0.3) is 0 Å². The second-order valence-electron chi connectivity index (χ2n) is 3.25. The van der Waals surface area contributed by atoms with Gasteiger partial charge in [-0.3, -0.25) is 4.79 Å². The van der Waals surface area contributed by atoms with E-state index in [-0.39, 0.29) is 13.0 Å². The van der Waals surface area contributed by atoms with Gasteiger partial charge in [0.1, 0.15) is 5.75 Å². The molecule has 0 aliphatic carbocycles. The first-order valence-corrected chi connectivity index (χ1v) is 5.02. The zero-order valence-corrected chi connectivity index (χ0v) is 9.40. The number of carbonyl (C=O) groups excluding carboxylic acids is 1. The third kappa shape index (κ3) is 4.87. The summed E-state index contributed by atoms with van der Waals surface area (Å²) in [7, 11) is 1.56. The summed E-state index contributed by atoms with van der Waals surface area (Å²) < 4.78 is 4.97. The van der Waals surface area contributed by atoms with Crippen molar-refractivity contribution in [1.82, 2.24) is 5.32 Å². The Morgan fingerprint density at radius 2 is 1.94 bits per heavy atom. The summed E-state index contributed by atoms with van der Waals surface area (Å²) >= 11 is 0. The van der Waals surface area contributed by atoms with Crippen LogP contribution < -0.4 is 15.4 Å². The molecule has 0 aliphatic heterocycles. The number of anilines is 1. The first-order valence-electron chi connectivity index (χ1n) is 5.02. The fourth-order valence-electron chi connectivity index (χ4n) is 1.13. The van der Waals surface area contributed by atoms with Gasteiger partial charge < -0.3 is 20.5 Å². The second-order valence-corrected chi connectivity index (χ2v) is 3.25. The van der Waals surface area contributed by atoms with Crippen LogP contribution in [0.4, 0.5) is 10.5 Å². The van der Waals surface area contributed by atoms with Crippen molar-refractivity contribution in [3.05, 3.63) is 24.3 Å². The number of methoxy groups -OCH3 is 1. The molecule has 0 fully saturated rings. The Hall–Kier alpha value is -2.24. The lowest BCUT2D eigenvalue weighted by Crippen LogP contribution is -2.30. The van der Waals surface area contributed by atoms with Crippen LogP contribution in [0.15, 0.2) is 24.3 Å². The van der Waals surface area contributed by atoms with Gasteiger partial charge in [0, 0.05) is 12.2 Å². The number of nitrogens with one attached hydrogen (secondary N) is 2. The molecule has 6 heteroatoms. The molecule has 0 spiro atoms. The molecular weight excluding hydrogens is 224 g/mol. The molecule has 0 unspecified atom stereocenters.